The van der Waals surface area contributed by atoms with Crippen LogP contribution >= 0.6 is 0 Å². The highest BCUT2D eigenvalue weighted by Crippen LogP contribution is 2.29. The predicted molar refractivity (Wildman–Crippen MR) is 90.3 cm³/mol. The van der Waals surface area contributed by atoms with Crippen LogP contribution in [0.4, 0.5) is 0 Å². The van der Waals surface area contributed by atoms with Crippen LogP contribution in [0.15, 0.2) is 60.8 Å². The van der Waals surface area contributed by atoms with E-state index in [4.69, 9.17) is 0 Å². The third-order valence-electron chi connectivity index (χ3n) is 3.61. The zero-order valence-electron chi connectivity index (χ0n) is 12.9. The molecule has 0 amide bonds. The molecule has 1 aromatic heterocycles. The highest BCUT2D eigenvalue weighted by Gasteiger charge is 2.12. The quantitative estimate of drug-likeness (QED) is 0.602. The van der Waals surface area contributed by atoms with Crippen molar-refractivity contribution < 1.29 is 0 Å². The summed E-state index contributed by atoms with van der Waals surface area (Å²) in [5, 5.41) is 2.49. The second kappa shape index (κ2) is 5.33. The zero-order chi connectivity index (χ0) is 14.9. The summed E-state index contributed by atoms with van der Waals surface area (Å²) >= 11 is 0. The van der Waals surface area contributed by atoms with Crippen molar-refractivity contribution in [2.75, 3.05) is 0 Å². The molecule has 0 atom stereocenters. The van der Waals surface area contributed by atoms with Crippen LogP contribution in [0.3, 0.4) is 0 Å². The van der Waals surface area contributed by atoms with Crippen molar-refractivity contribution in [3.8, 4) is 11.3 Å². The van der Waals surface area contributed by atoms with Gasteiger partial charge in [0.15, 0.2) is 0 Å². The molecule has 1 heterocycles. The van der Waals surface area contributed by atoms with Crippen LogP contribution in [0.1, 0.15) is 26.3 Å². The topological polar surface area (TPSA) is 12.9 Å². The van der Waals surface area contributed by atoms with Gasteiger partial charge in [0.05, 0.1) is 5.69 Å². The van der Waals surface area contributed by atoms with Gasteiger partial charge in [-0.05, 0) is 28.9 Å². The Morgan fingerprint density at radius 1 is 0.905 bits per heavy atom. The minimum atomic E-state index is 0.308. The van der Waals surface area contributed by atoms with Crippen molar-refractivity contribution in [1.82, 2.24) is 4.98 Å². The summed E-state index contributed by atoms with van der Waals surface area (Å²) in [5.41, 5.74) is 3.94. The summed E-state index contributed by atoms with van der Waals surface area (Å²) in [7, 11) is 0. The number of benzene rings is 2. The van der Waals surface area contributed by atoms with Gasteiger partial charge in [-0.3, -0.25) is 4.98 Å². The largest absolute Gasteiger partial charge is 0.256 e. The molecule has 0 unspecified atom stereocenters. The van der Waals surface area contributed by atoms with Gasteiger partial charge < -0.3 is 0 Å². The predicted octanol–water partition coefficient (Wildman–Crippen LogP) is 5.49. The molecule has 106 valence electrons. The molecule has 0 bridgehead atoms. The fourth-order valence-electron chi connectivity index (χ4n) is 2.78. The fourth-order valence-corrected chi connectivity index (χ4v) is 2.78. The molecule has 0 saturated carbocycles. The molecule has 1 nitrogen and oxygen atoms in total. The maximum absolute atomic E-state index is 4.58. The minimum absolute atomic E-state index is 0.308. The van der Waals surface area contributed by atoms with E-state index >= 15 is 0 Å². The van der Waals surface area contributed by atoms with E-state index in [1.54, 1.807) is 0 Å². The van der Waals surface area contributed by atoms with E-state index in [0.717, 1.165) is 12.1 Å². The molecule has 0 fully saturated rings. The lowest BCUT2D eigenvalue weighted by atomic mass is 9.87. The molecule has 0 aliphatic carbocycles. The van der Waals surface area contributed by atoms with E-state index in [2.05, 4.69) is 74.3 Å². The van der Waals surface area contributed by atoms with E-state index in [1.165, 1.54) is 21.9 Å². The number of fused-ring (bicyclic) bond motifs is 1. The van der Waals surface area contributed by atoms with Gasteiger partial charge in [-0.25, -0.2) is 0 Å². The Kier molecular flexibility index (Phi) is 3.50. The van der Waals surface area contributed by atoms with Crippen LogP contribution < -0.4 is 0 Å². The molecule has 0 aliphatic rings. The monoisotopic (exact) mass is 275 g/mol. The maximum Gasteiger partial charge on any atom is 0.0780 e. The Morgan fingerprint density at radius 2 is 1.67 bits per heavy atom. The lowest BCUT2D eigenvalue weighted by Crippen LogP contribution is -2.08. The highest BCUT2D eigenvalue weighted by molar-refractivity contribution is 5.94. The zero-order valence-corrected chi connectivity index (χ0v) is 12.9. The minimum Gasteiger partial charge on any atom is -0.256 e. The Bertz CT molecular complexity index is 752. The second-order valence-electron chi connectivity index (χ2n) is 6.82. The molecule has 0 aliphatic heterocycles. The number of aromatic nitrogens is 1. The molecule has 1 heteroatoms. The molecule has 3 aromatic rings. The van der Waals surface area contributed by atoms with Crippen LogP contribution in [-0.2, 0) is 6.42 Å². The maximum atomic E-state index is 4.58. The van der Waals surface area contributed by atoms with Gasteiger partial charge in [0.25, 0.3) is 0 Å². The molecule has 2 aromatic carbocycles. The first-order chi connectivity index (χ1) is 10.0. The van der Waals surface area contributed by atoms with Gasteiger partial charge in [0.2, 0.25) is 0 Å². The summed E-state index contributed by atoms with van der Waals surface area (Å²) in [4.78, 5) is 4.58. The van der Waals surface area contributed by atoms with E-state index in [0.29, 0.717) is 5.41 Å². The summed E-state index contributed by atoms with van der Waals surface area (Å²) in [6.07, 6.45) is 3.00. The van der Waals surface area contributed by atoms with Crippen LogP contribution in [0.5, 0.6) is 0 Å². The van der Waals surface area contributed by atoms with E-state index in [-0.39, 0.29) is 0 Å². The fraction of sp³-hybridized carbons (Fsp3) is 0.250. The summed E-state index contributed by atoms with van der Waals surface area (Å²) in [6, 6.07) is 19.2. The molecule has 3 rings (SSSR count). The Balaban J connectivity index is 2.09. The lowest BCUT2D eigenvalue weighted by Gasteiger charge is -2.18. The average Bonchev–Trinajstić information content (AvgIpc) is 2.45. The number of hydrogen-bond donors (Lipinski definition) is 0. The van der Waals surface area contributed by atoms with Gasteiger partial charge in [-0.15, -0.1) is 0 Å². The third kappa shape index (κ3) is 3.13. The van der Waals surface area contributed by atoms with Crippen LogP contribution in [-0.4, -0.2) is 4.98 Å². The van der Waals surface area contributed by atoms with E-state index < -0.39 is 0 Å². The average molecular weight is 275 g/mol. The Labute approximate surface area is 126 Å². The molecular formula is C20H21N. The van der Waals surface area contributed by atoms with Gasteiger partial charge in [-0.2, -0.15) is 0 Å². The summed E-state index contributed by atoms with van der Waals surface area (Å²) < 4.78 is 0. The SMILES string of the molecule is CC(C)(C)Cc1ccc2c(-c3ccccc3)nccc2c1. The molecular weight excluding hydrogens is 254 g/mol. The van der Waals surface area contributed by atoms with Crippen LogP contribution in [0.2, 0.25) is 0 Å². The first-order valence-electron chi connectivity index (χ1n) is 7.46. The number of pyridine rings is 1. The second-order valence-corrected chi connectivity index (χ2v) is 6.82. The number of nitrogens with zero attached hydrogens (tertiary/aromatic N) is 1. The molecule has 0 spiro atoms. The van der Waals surface area contributed by atoms with Gasteiger partial charge in [-0.1, -0.05) is 69.3 Å². The smallest absolute Gasteiger partial charge is 0.0780 e. The molecule has 21 heavy (non-hydrogen) atoms. The summed E-state index contributed by atoms with van der Waals surface area (Å²) in [6.45, 7) is 6.83. The molecule has 0 N–H and O–H groups in total. The Hall–Kier alpha value is -2.15. The first kappa shape index (κ1) is 13.8. The van der Waals surface area contributed by atoms with Crippen molar-refractivity contribution in [1.29, 1.82) is 0 Å². The van der Waals surface area contributed by atoms with E-state index in [1.807, 2.05) is 12.3 Å². The van der Waals surface area contributed by atoms with E-state index in [9.17, 15) is 0 Å². The highest BCUT2D eigenvalue weighted by atomic mass is 14.7. The lowest BCUT2D eigenvalue weighted by molar-refractivity contribution is 0.411. The van der Waals surface area contributed by atoms with Crippen LogP contribution in [0.25, 0.3) is 22.0 Å². The van der Waals surface area contributed by atoms with Crippen molar-refractivity contribution >= 4 is 10.8 Å². The molecule has 0 radical (unpaired) electrons. The normalized spacial score (nSPS) is 11.8. The standard InChI is InChI=1S/C20H21N/c1-20(2,3)14-15-9-10-18-17(13-15)11-12-21-19(18)16-7-5-4-6-8-16/h4-13H,14H2,1-3H3. The first-order valence-corrected chi connectivity index (χ1v) is 7.46. The van der Waals surface area contributed by atoms with Crippen molar-refractivity contribution in [3.05, 3.63) is 66.4 Å². The van der Waals surface area contributed by atoms with Crippen molar-refractivity contribution in [3.63, 3.8) is 0 Å². The third-order valence-corrected chi connectivity index (χ3v) is 3.61. The van der Waals surface area contributed by atoms with Crippen LogP contribution in [0, 0.1) is 5.41 Å². The van der Waals surface area contributed by atoms with Gasteiger partial charge >= 0.3 is 0 Å². The number of hydrogen-bond acceptors (Lipinski definition) is 1. The van der Waals surface area contributed by atoms with Gasteiger partial charge in [0.1, 0.15) is 0 Å². The van der Waals surface area contributed by atoms with Gasteiger partial charge in [0, 0.05) is 17.1 Å². The molecule has 0 saturated heterocycles. The number of rotatable bonds is 2. The van der Waals surface area contributed by atoms with Crippen molar-refractivity contribution in [2.24, 2.45) is 5.41 Å². The summed E-state index contributed by atoms with van der Waals surface area (Å²) in [5.74, 6) is 0. The Morgan fingerprint density at radius 3 is 2.38 bits per heavy atom. The van der Waals surface area contributed by atoms with Crippen molar-refractivity contribution in [2.45, 2.75) is 27.2 Å².